The summed E-state index contributed by atoms with van der Waals surface area (Å²) < 4.78 is 13.0. The number of carbonyl (C=O) groups excluding carboxylic acids is 1. The van der Waals surface area contributed by atoms with Crippen molar-refractivity contribution < 1.29 is 9.18 Å². The molecule has 0 saturated carbocycles. The van der Waals surface area contributed by atoms with E-state index in [1.165, 1.54) is 17.7 Å². The van der Waals surface area contributed by atoms with Crippen molar-refractivity contribution in [3.63, 3.8) is 0 Å². The van der Waals surface area contributed by atoms with E-state index in [0.717, 1.165) is 17.7 Å². The quantitative estimate of drug-likeness (QED) is 0.858. The van der Waals surface area contributed by atoms with Gasteiger partial charge in [0.05, 0.1) is 6.54 Å². The van der Waals surface area contributed by atoms with Gasteiger partial charge in [0.1, 0.15) is 5.82 Å². The van der Waals surface area contributed by atoms with E-state index in [-0.39, 0.29) is 11.7 Å². The molecule has 24 heavy (non-hydrogen) atoms. The molecule has 1 amide bonds. The predicted octanol–water partition coefficient (Wildman–Crippen LogP) is 3.58. The molecule has 0 fully saturated rings. The van der Waals surface area contributed by atoms with Crippen LogP contribution in [0, 0.1) is 5.82 Å². The minimum Gasteiger partial charge on any atom is -0.365 e. The molecule has 4 heteroatoms. The molecule has 124 valence electrons. The summed E-state index contributed by atoms with van der Waals surface area (Å²) in [6.07, 6.45) is 2.86. The van der Waals surface area contributed by atoms with E-state index in [1.807, 2.05) is 47.2 Å². The first-order valence-corrected chi connectivity index (χ1v) is 8.12. The number of hydrogen-bond acceptors (Lipinski definition) is 2. The van der Waals surface area contributed by atoms with Crippen LogP contribution in [0.5, 0.6) is 0 Å². The maximum Gasteiger partial charge on any atom is 0.242 e. The van der Waals surface area contributed by atoms with E-state index in [1.54, 1.807) is 12.1 Å². The fourth-order valence-electron chi connectivity index (χ4n) is 2.90. The number of anilines is 1. The number of para-hydroxylation sites is 1. The lowest BCUT2D eigenvalue weighted by Gasteiger charge is -2.29. The standard InChI is InChI=1S/C20H21FN2O/c1-22(19-5-3-2-4-6-19)15-20(24)23-13-11-17(12-14-23)16-7-9-18(21)10-8-16/h2-11H,12-15H2,1H3. The molecular formula is C20H21FN2O. The van der Waals surface area contributed by atoms with Gasteiger partial charge in [-0.2, -0.15) is 0 Å². The fourth-order valence-corrected chi connectivity index (χ4v) is 2.90. The molecule has 0 bridgehead atoms. The van der Waals surface area contributed by atoms with Gasteiger partial charge in [-0.1, -0.05) is 36.4 Å². The van der Waals surface area contributed by atoms with Crippen molar-refractivity contribution in [3.05, 3.63) is 72.1 Å². The SMILES string of the molecule is CN(CC(=O)N1CC=C(c2ccc(F)cc2)CC1)c1ccccc1. The minimum absolute atomic E-state index is 0.121. The second kappa shape index (κ2) is 7.30. The van der Waals surface area contributed by atoms with Crippen LogP contribution < -0.4 is 4.90 Å². The van der Waals surface area contributed by atoms with Gasteiger partial charge in [0.2, 0.25) is 5.91 Å². The van der Waals surface area contributed by atoms with Gasteiger partial charge >= 0.3 is 0 Å². The van der Waals surface area contributed by atoms with Crippen molar-refractivity contribution in [2.24, 2.45) is 0 Å². The summed E-state index contributed by atoms with van der Waals surface area (Å²) in [5, 5.41) is 0. The molecule has 0 unspecified atom stereocenters. The summed E-state index contributed by atoms with van der Waals surface area (Å²) in [5.41, 5.74) is 3.24. The third kappa shape index (κ3) is 3.82. The molecule has 0 atom stereocenters. The highest BCUT2D eigenvalue weighted by Gasteiger charge is 2.19. The monoisotopic (exact) mass is 324 g/mol. The number of halogens is 1. The Kier molecular flexibility index (Phi) is 4.94. The van der Waals surface area contributed by atoms with E-state index in [9.17, 15) is 9.18 Å². The van der Waals surface area contributed by atoms with Gasteiger partial charge < -0.3 is 9.80 Å². The van der Waals surface area contributed by atoms with E-state index < -0.39 is 0 Å². The molecule has 0 saturated heterocycles. The van der Waals surface area contributed by atoms with Gasteiger partial charge in [0, 0.05) is 25.8 Å². The summed E-state index contributed by atoms with van der Waals surface area (Å²) in [6.45, 7) is 1.67. The van der Waals surface area contributed by atoms with E-state index in [0.29, 0.717) is 19.6 Å². The van der Waals surface area contributed by atoms with Gasteiger partial charge in [-0.15, -0.1) is 0 Å². The van der Waals surface area contributed by atoms with Gasteiger partial charge in [-0.05, 0) is 41.8 Å². The van der Waals surface area contributed by atoms with Crippen LogP contribution in [-0.2, 0) is 4.79 Å². The molecule has 0 N–H and O–H groups in total. The van der Waals surface area contributed by atoms with Crippen LogP contribution in [0.3, 0.4) is 0 Å². The van der Waals surface area contributed by atoms with E-state index in [4.69, 9.17) is 0 Å². The maximum absolute atomic E-state index is 13.0. The largest absolute Gasteiger partial charge is 0.365 e. The fraction of sp³-hybridized carbons (Fsp3) is 0.250. The summed E-state index contributed by atoms with van der Waals surface area (Å²) >= 11 is 0. The number of hydrogen-bond donors (Lipinski definition) is 0. The van der Waals surface area contributed by atoms with Crippen LogP contribution in [0.15, 0.2) is 60.7 Å². The zero-order chi connectivity index (χ0) is 16.9. The Morgan fingerprint density at radius 2 is 1.83 bits per heavy atom. The van der Waals surface area contributed by atoms with Gasteiger partial charge in [0.25, 0.3) is 0 Å². The summed E-state index contributed by atoms with van der Waals surface area (Å²) in [5.74, 6) is -0.105. The summed E-state index contributed by atoms with van der Waals surface area (Å²) in [7, 11) is 1.93. The molecule has 2 aromatic rings. The van der Waals surface area contributed by atoms with E-state index in [2.05, 4.69) is 6.08 Å². The topological polar surface area (TPSA) is 23.6 Å². The number of nitrogens with zero attached hydrogens (tertiary/aromatic N) is 2. The Morgan fingerprint density at radius 1 is 1.12 bits per heavy atom. The Balaban J connectivity index is 1.59. The normalized spacial score (nSPS) is 14.2. The third-order valence-corrected chi connectivity index (χ3v) is 4.35. The average Bonchev–Trinajstić information content (AvgIpc) is 2.63. The lowest BCUT2D eigenvalue weighted by Crippen LogP contribution is -2.41. The first-order valence-electron chi connectivity index (χ1n) is 8.12. The molecular weight excluding hydrogens is 303 g/mol. The lowest BCUT2D eigenvalue weighted by molar-refractivity contribution is -0.129. The van der Waals surface area contributed by atoms with Gasteiger partial charge in [-0.25, -0.2) is 4.39 Å². The third-order valence-electron chi connectivity index (χ3n) is 4.35. The van der Waals surface area contributed by atoms with Crippen LogP contribution in [0.4, 0.5) is 10.1 Å². The van der Waals surface area contributed by atoms with Crippen molar-refractivity contribution in [1.29, 1.82) is 0 Å². The molecule has 1 aliphatic rings. The molecule has 3 nitrogen and oxygen atoms in total. The first-order chi connectivity index (χ1) is 11.6. The highest BCUT2D eigenvalue weighted by atomic mass is 19.1. The zero-order valence-electron chi connectivity index (χ0n) is 13.8. The lowest BCUT2D eigenvalue weighted by atomic mass is 9.99. The Morgan fingerprint density at radius 3 is 2.46 bits per heavy atom. The highest BCUT2D eigenvalue weighted by molar-refractivity contribution is 5.82. The molecule has 0 spiro atoms. The molecule has 0 aromatic heterocycles. The van der Waals surface area contributed by atoms with Crippen molar-refractivity contribution in [1.82, 2.24) is 4.90 Å². The minimum atomic E-state index is -0.226. The van der Waals surface area contributed by atoms with Crippen molar-refractivity contribution in [2.45, 2.75) is 6.42 Å². The Hall–Kier alpha value is -2.62. The number of carbonyl (C=O) groups is 1. The average molecular weight is 324 g/mol. The van der Waals surface area contributed by atoms with Crippen LogP contribution in [0.25, 0.3) is 5.57 Å². The van der Waals surface area contributed by atoms with Crippen molar-refractivity contribution >= 4 is 17.2 Å². The van der Waals surface area contributed by atoms with Crippen molar-refractivity contribution in [3.8, 4) is 0 Å². The number of likely N-dealkylation sites (N-methyl/N-ethyl adjacent to an activating group) is 1. The van der Waals surface area contributed by atoms with Crippen LogP contribution in [0.2, 0.25) is 0 Å². The summed E-state index contributed by atoms with van der Waals surface area (Å²) in [4.78, 5) is 16.3. The maximum atomic E-state index is 13.0. The highest BCUT2D eigenvalue weighted by Crippen LogP contribution is 2.23. The smallest absolute Gasteiger partial charge is 0.242 e. The molecule has 2 aromatic carbocycles. The number of benzene rings is 2. The Bertz CT molecular complexity index is 725. The second-order valence-electron chi connectivity index (χ2n) is 6.02. The van der Waals surface area contributed by atoms with Gasteiger partial charge in [0.15, 0.2) is 0 Å². The Labute approximate surface area is 142 Å². The number of amides is 1. The molecule has 0 aliphatic carbocycles. The molecule has 1 heterocycles. The first kappa shape index (κ1) is 16.2. The molecule has 0 radical (unpaired) electrons. The number of rotatable bonds is 4. The zero-order valence-corrected chi connectivity index (χ0v) is 13.8. The summed E-state index contributed by atoms with van der Waals surface area (Å²) in [6, 6.07) is 16.4. The molecule has 1 aliphatic heterocycles. The van der Waals surface area contributed by atoms with Gasteiger partial charge in [-0.3, -0.25) is 4.79 Å². The van der Waals surface area contributed by atoms with E-state index >= 15 is 0 Å². The van der Waals surface area contributed by atoms with Crippen LogP contribution in [0.1, 0.15) is 12.0 Å². The van der Waals surface area contributed by atoms with Crippen LogP contribution in [-0.4, -0.2) is 37.5 Å². The van der Waals surface area contributed by atoms with Crippen molar-refractivity contribution in [2.75, 3.05) is 31.6 Å². The molecule has 3 rings (SSSR count). The van der Waals surface area contributed by atoms with Crippen LogP contribution >= 0.6 is 0 Å². The predicted molar refractivity (Wildman–Crippen MR) is 95.3 cm³/mol. The second-order valence-corrected chi connectivity index (χ2v) is 6.02.